The Balaban J connectivity index is 2.15. The predicted octanol–water partition coefficient (Wildman–Crippen LogP) is 2.90. The molecule has 0 aliphatic heterocycles. The smallest absolute Gasteiger partial charge is 0.219 e. The molecule has 0 atom stereocenters. The van der Waals surface area contributed by atoms with E-state index >= 15 is 0 Å². The summed E-state index contributed by atoms with van der Waals surface area (Å²) < 4.78 is 5.66. The molecular weight excluding hydrogens is 212 g/mol. The first-order valence-electron chi connectivity index (χ1n) is 5.62. The van der Waals surface area contributed by atoms with Crippen LogP contribution < -0.4 is 10.1 Å². The Bertz CT molecular complexity index is 483. The van der Waals surface area contributed by atoms with Crippen LogP contribution in [0.3, 0.4) is 0 Å². The van der Waals surface area contributed by atoms with E-state index in [1.165, 1.54) is 11.1 Å². The van der Waals surface area contributed by atoms with Crippen LogP contribution >= 0.6 is 0 Å². The van der Waals surface area contributed by atoms with Gasteiger partial charge in [0, 0.05) is 18.8 Å². The van der Waals surface area contributed by atoms with Crippen molar-refractivity contribution < 1.29 is 4.74 Å². The second-order valence-corrected chi connectivity index (χ2v) is 3.89. The van der Waals surface area contributed by atoms with Gasteiger partial charge in [-0.1, -0.05) is 18.2 Å². The molecular formula is C14H16N2O. The molecule has 3 nitrogen and oxygen atoms in total. The standard InChI is InChI=1S/C14H16N2O/c1-11-8-14(16-10-12(11)9-15-2)17-13-6-4-3-5-7-13/h3-8,10,15H,9H2,1-2H3. The number of hydrogen-bond acceptors (Lipinski definition) is 3. The predicted molar refractivity (Wildman–Crippen MR) is 68.3 cm³/mol. The van der Waals surface area contributed by atoms with Gasteiger partial charge in [0.05, 0.1) is 0 Å². The molecule has 0 unspecified atom stereocenters. The molecule has 2 rings (SSSR count). The van der Waals surface area contributed by atoms with E-state index in [0.717, 1.165) is 12.3 Å². The van der Waals surface area contributed by atoms with Gasteiger partial charge in [-0.2, -0.15) is 0 Å². The molecule has 1 aromatic carbocycles. The van der Waals surface area contributed by atoms with Crippen molar-refractivity contribution in [2.75, 3.05) is 7.05 Å². The molecule has 0 amide bonds. The molecule has 2 aromatic rings. The summed E-state index contributed by atoms with van der Waals surface area (Å²) in [5.41, 5.74) is 2.37. The molecule has 3 heteroatoms. The van der Waals surface area contributed by atoms with Crippen LogP contribution in [-0.2, 0) is 6.54 Å². The van der Waals surface area contributed by atoms with E-state index in [9.17, 15) is 0 Å². The fourth-order valence-corrected chi connectivity index (χ4v) is 1.60. The van der Waals surface area contributed by atoms with Crippen LogP contribution in [0.25, 0.3) is 0 Å². The second-order valence-electron chi connectivity index (χ2n) is 3.89. The van der Waals surface area contributed by atoms with Crippen molar-refractivity contribution in [2.24, 2.45) is 0 Å². The van der Waals surface area contributed by atoms with Crippen LogP contribution in [0.2, 0.25) is 0 Å². The molecule has 0 saturated heterocycles. The number of hydrogen-bond donors (Lipinski definition) is 1. The number of aromatic nitrogens is 1. The van der Waals surface area contributed by atoms with E-state index in [0.29, 0.717) is 5.88 Å². The maximum atomic E-state index is 5.66. The third kappa shape index (κ3) is 3.04. The monoisotopic (exact) mass is 228 g/mol. The molecule has 88 valence electrons. The number of rotatable bonds is 4. The second kappa shape index (κ2) is 5.46. The van der Waals surface area contributed by atoms with Crippen LogP contribution in [0.4, 0.5) is 0 Å². The highest BCUT2D eigenvalue weighted by atomic mass is 16.5. The Morgan fingerprint density at radius 2 is 2.00 bits per heavy atom. The number of ether oxygens (including phenoxy) is 1. The lowest BCUT2D eigenvalue weighted by Gasteiger charge is -2.08. The number of pyridine rings is 1. The van der Waals surface area contributed by atoms with Crippen LogP contribution in [0.5, 0.6) is 11.6 Å². The van der Waals surface area contributed by atoms with E-state index in [2.05, 4.69) is 17.2 Å². The zero-order valence-corrected chi connectivity index (χ0v) is 10.1. The number of aryl methyl sites for hydroxylation is 1. The van der Waals surface area contributed by atoms with Gasteiger partial charge in [0.15, 0.2) is 0 Å². The lowest BCUT2D eigenvalue weighted by atomic mass is 10.1. The van der Waals surface area contributed by atoms with Gasteiger partial charge >= 0.3 is 0 Å². The van der Waals surface area contributed by atoms with Crippen molar-refractivity contribution in [1.29, 1.82) is 0 Å². The molecule has 1 heterocycles. The highest BCUT2D eigenvalue weighted by Gasteiger charge is 2.02. The highest BCUT2D eigenvalue weighted by molar-refractivity contribution is 5.32. The lowest BCUT2D eigenvalue weighted by Crippen LogP contribution is -2.07. The molecule has 0 aliphatic carbocycles. The fraction of sp³-hybridized carbons (Fsp3) is 0.214. The molecule has 0 radical (unpaired) electrons. The minimum Gasteiger partial charge on any atom is -0.439 e. The normalized spacial score (nSPS) is 10.2. The molecule has 0 spiro atoms. The summed E-state index contributed by atoms with van der Waals surface area (Å²) in [7, 11) is 1.92. The summed E-state index contributed by atoms with van der Waals surface area (Å²) >= 11 is 0. The molecule has 17 heavy (non-hydrogen) atoms. The number of benzene rings is 1. The average Bonchev–Trinajstić information content (AvgIpc) is 2.34. The van der Waals surface area contributed by atoms with Crippen molar-refractivity contribution in [3.05, 3.63) is 53.7 Å². The van der Waals surface area contributed by atoms with Crippen molar-refractivity contribution in [2.45, 2.75) is 13.5 Å². The SMILES string of the molecule is CNCc1cnc(Oc2ccccc2)cc1C. The maximum absolute atomic E-state index is 5.66. The Morgan fingerprint density at radius 1 is 1.24 bits per heavy atom. The van der Waals surface area contributed by atoms with Gasteiger partial charge in [-0.05, 0) is 37.2 Å². The van der Waals surface area contributed by atoms with Crippen molar-refractivity contribution in [3.8, 4) is 11.6 Å². The van der Waals surface area contributed by atoms with Gasteiger partial charge in [-0.25, -0.2) is 4.98 Å². The maximum Gasteiger partial charge on any atom is 0.219 e. The summed E-state index contributed by atoms with van der Waals surface area (Å²) in [6, 6.07) is 11.6. The topological polar surface area (TPSA) is 34.2 Å². The van der Waals surface area contributed by atoms with E-state index in [4.69, 9.17) is 4.74 Å². The third-order valence-electron chi connectivity index (χ3n) is 2.53. The van der Waals surface area contributed by atoms with Gasteiger partial charge in [0.1, 0.15) is 5.75 Å². The van der Waals surface area contributed by atoms with E-state index in [1.807, 2.05) is 49.6 Å². The van der Waals surface area contributed by atoms with E-state index < -0.39 is 0 Å². The fourth-order valence-electron chi connectivity index (χ4n) is 1.60. The molecule has 1 N–H and O–H groups in total. The summed E-state index contributed by atoms with van der Waals surface area (Å²) in [5, 5.41) is 3.11. The summed E-state index contributed by atoms with van der Waals surface area (Å²) in [6.07, 6.45) is 1.85. The summed E-state index contributed by atoms with van der Waals surface area (Å²) in [5.74, 6) is 1.44. The largest absolute Gasteiger partial charge is 0.439 e. The van der Waals surface area contributed by atoms with E-state index in [1.54, 1.807) is 0 Å². The Morgan fingerprint density at radius 3 is 2.65 bits per heavy atom. The number of para-hydroxylation sites is 1. The highest BCUT2D eigenvalue weighted by Crippen LogP contribution is 2.20. The first-order chi connectivity index (χ1) is 8.29. The number of nitrogens with zero attached hydrogens (tertiary/aromatic N) is 1. The number of nitrogens with one attached hydrogen (secondary N) is 1. The molecule has 0 aliphatic rings. The van der Waals surface area contributed by atoms with Gasteiger partial charge in [-0.3, -0.25) is 0 Å². The first-order valence-corrected chi connectivity index (χ1v) is 5.62. The van der Waals surface area contributed by atoms with Crippen LogP contribution in [0.15, 0.2) is 42.6 Å². The molecule has 0 fully saturated rings. The molecule has 0 saturated carbocycles. The Kier molecular flexibility index (Phi) is 3.73. The molecule has 1 aromatic heterocycles. The zero-order valence-electron chi connectivity index (χ0n) is 10.1. The van der Waals surface area contributed by atoms with Gasteiger partial charge < -0.3 is 10.1 Å². The average molecular weight is 228 g/mol. The first kappa shape index (κ1) is 11.6. The van der Waals surface area contributed by atoms with Crippen molar-refractivity contribution >= 4 is 0 Å². The summed E-state index contributed by atoms with van der Waals surface area (Å²) in [6.45, 7) is 2.89. The quantitative estimate of drug-likeness (QED) is 0.873. The zero-order chi connectivity index (χ0) is 12.1. The Hall–Kier alpha value is -1.87. The third-order valence-corrected chi connectivity index (χ3v) is 2.53. The van der Waals surface area contributed by atoms with Crippen LogP contribution in [0, 0.1) is 6.92 Å². The minimum absolute atomic E-state index is 0.633. The minimum atomic E-state index is 0.633. The van der Waals surface area contributed by atoms with Crippen LogP contribution in [-0.4, -0.2) is 12.0 Å². The van der Waals surface area contributed by atoms with Gasteiger partial charge in [-0.15, -0.1) is 0 Å². The van der Waals surface area contributed by atoms with Crippen molar-refractivity contribution in [3.63, 3.8) is 0 Å². The Labute approximate surface area is 101 Å². The van der Waals surface area contributed by atoms with Gasteiger partial charge in [0.2, 0.25) is 5.88 Å². The van der Waals surface area contributed by atoms with Crippen molar-refractivity contribution in [1.82, 2.24) is 10.3 Å². The lowest BCUT2D eigenvalue weighted by molar-refractivity contribution is 0.462. The summed E-state index contributed by atoms with van der Waals surface area (Å²) in [4.78, 5) is 4.29. The molecule has 0 bridgehead atoms. The van der Waals surface area contributed by atoms with Gasteiger partial charge in [0.25, 0.3) is 0 Å². The van der Waals surface area contributed by atoms with E-state index in [-0.39, 0.29) is 0 Å². The van der Waals surface area contributed by atoms with Crippen LogP contribution in [0.1, 0.15) is 11.1 Å².